The molecule has 0 radical (unpaired) electrons. The summed E-state index contributed by atoms with van der Waals surface area (Å²) in [7, 11) is 5.71. The van der Waals surface area contributed by atoms with Crippen molar-refractivity contribution in [1.29, 1.82) is 0 Å². The summed E-state index contributed by atoms with van der Waals surface area (Å²) >= 11 is 3.23. The van der Waals surface area contributed by atoms with Crippen LogP contribution < -0.4 is 18.9 Å². The summed E-state index contributed by atoms with van der Waals surface area (Å²) in [5.74, 6) is 0.429. The molecule has 0 N–H and O–H groups in total. The van der Waals surface area contributed by atoms with Gasteiger partial charge in [0, 0.05) is 16.2 Å². The number of benzene rings is 1. The molecule has 0 spiro atoms. The Kier molecular flexibility index (Phi) is 6.42. The van der Waals surface area contributed by atoms with E-state index in [1.54, 1.807) is 13.0 Å². The van der Waals surface area contributed by atoms with Gasteiger partial charge < -0.3 is 18.9 Å². The van der Waals surface area contributed by atoms with E-state index in [2.05, 4.69) is 20.9 Å². The Hall–Kier alpha value is -2.35. The lowest BCUT2D eigenvalue weighted by molar-refractivity contribution is 0.102. The molecule has 6 nitrogen and oxygen atoms in total. The molecule has 0 atom stereocenters. The van der Waals surface area contributed by atoms with Gasteiger partial charge in [0.25, 0.3) is 0 Å². The molecule has 0 aliphatic rings. The molecule has 1 aromatic carbocycles. The van der Waals surface area contributed by atoms with Crippen LogP contribution in [0.25, 0.3) is 0 Å². The molecule has 0 amide bonds. The maximum Gasteiger partial charge on any atom is 0.224 e. The minimum Gasteiger partial charge on any atom is -0.493 e. The van der Waals surface area contributed by atoms with Crippen LogP contribution in [0.4, 0.5) is 4.39 Å². The van der Waals surface area contributed by atoms with E-state index in [-0.39, 0.29) is 34.1 Å². The van der Waals surface area contributed by atoms with E-state index in [4.69, 9.17) is 18.9 Å². The Labute approximate surface area is 159 Å². The largest absolute Gasteiger partial charge is 0.493 e. The van der Waals surface area contributed by atoms with Crippen LogP contribution in [0.1, 0.15) is 27.0 Å². The quantitative estimate of drug-likeness (QED) is 0.624. The number of ketones is 1. The highest BCUT2D eigenvalue weighted by Gasteiger charge is 2.29. The number of rotatable bonds is 7. The Morgan fingerprint density at radius 2 is 1.73 bits per heavy atom. The standard InChI is InChI=1S/C18H19BrFNO5/c1-9-6-12(23-2)16(24-3)17(25-4)13(9)15(22)14-10(7-20)11(19)8-21-18(14)26-5/h6,8H,7H2,1-5H3. The summed E-state index contributed by atoms with van der Waals surface area (Å²) in [5, 5.41) is 0. The third-order valence-electron chi connectivity index (χ3n) is 3.91. The van der Waals surface area contributed by atoms with Gasteiger partial charge in [-0.15, -0.1) is 0 Å². The summed E-state index contributed by atoms with van der Waals surface area (Å²) in [6.45, 7) is 0.861. The van der Waals surface area contributed by atoms with Gasteiger partial charge in [-0.1, -0.05) is 0 Å². The van der Waals surface area contributed by atoms with E-state index in [0.717, 1.165) is 0 Å². The van der Waals surface area contributed by atoms with Crippen LogP contribution in [0.15, 0.2) is 16.7 Å². The first-order valence-corrected chi connectivity index (χ1v) is 8.35. The predicted octanol–water partition coefficient (Wildman–Crippen LogP) is 3.89. The van der Waals surface area contributed by atoms with Crippen molar-refractivity contribution in [2.75, 3.05) is 28.4 Å². The zero-order valence-corrected chi connectivity index (χ0v) is 16.7. The van der Waals surface area contributed by atoms with E-state index in [1.807, 2.05) is 0 Å². The van der Waals surface area contributed by atoms with Crippen molar-refractivity contribution in [3.63, 3.8) is 0 Å². The average Bonchev–Trinajstić information content (AvgIpc) is 2.65. The van der Waals surface area contributed by atoms with Gasteiger partial charge in [-0.25, -0.2) is 9.37 Å². The lowest BCUT2D eigenvalue weighted by Crippen LogP contribution is -2.13. The number of aryl methyl sites for hydroxylation is 1. The molecule has 0 aliphatic heterocycles. The van der Waals surface area contributed by atoms with Crippen LogP contribution in [-0.2, 0) is 6.67 Å². The molecule has 140 valence electrons. The predicted molar refractivity (Wildman–Crippen MR) is 97.6 cm³/mol. The highest BCUT2D eigenvalue weighted by Crippen LogP contribution is 2.43. The molecule has 0 saturated heterocycles. The Balaban J connectivity index is 2.82. The van der Waals surface area contributed by atoms with E-state index in [1.165, 1.54) is 34.6 Å². The molecule has 0 aliphatic carbocycles. The van der Waals surface area contributed by atoms with E-state index < -0.39 is 12.5 Å². The molecular formula is C18H19BrFNO5. The Bertz CT molecular complexity index is 841. The number of aromatic nitrogens is 1. The van der Waals surface area contributed by atoms with Gasteiger partial charge in [-0.2, -0.15) is 0 Å². The summed E-state index contributed by atoms with van der Waals surface area (Å²) in [6, 6.07) is 1.65. The Morgan fingerprint density at radius 1 is 1.08 bits per heavy atom. The van der Waals surface area contributed by atoms with Gasteiger partial charge in [0.1, 0.15) is 6.67 Å². The summed E-state index contributed by atoms with van der Waals surface area (Å²) in [5.41, 5.74) is 0.977. The molecule has 1 aromatic heterocycles. The third-order valence-corrected chi connectivity index (χ3v) is 4.59. The van der Waals surface area contributed by atoms with Crippen molar-refractivity contribution in [2.24, 2.45) is 0 Å². The van der Waals surface area contributed by atoms with Gasteiger partial charge >= 0.3 is 0 Å². The molecule has 1 heterocycles. The summed E-state index contributed by atoms with van der Waals surface area (Å²) in [6.07, 6.45) is 1.39. The van der Waals surface area contributed by atoms with Crippen LogP contribution in [0.2, 0.25) is 0 Å². The second-order valence-electron chi connectivity index (χ2n) is 5.27. The van der Waals surface area contributed by atoms with E-state index in [9.17, 15) is 9.18 Å². The lowest BCUT2D eigenvalue weighted by atomic mass is 9.95. The second-order valence-corrected chi connectivity index (χ2v) is 6.12. The molecule has 2 aromatic rings. The highest BCUT2D eigenvalue weighted by molar-refractivity contribution is 9.10. The number of nitrogens with zero attached hydrogens (tertiary/aromatic N) is 1. The van der Waals surface area contributed by atoms with Crippen LogP contribution in [0.3, 0.4) is 0 Å². The number of methoxy groups -OCH3 is 4. The minimum absolute atomic E-state index is 0.0259. The van der Waals surface area contributed by atoms with Gasteiger partial charge in [0.15, 0.2) is 11.5 Å². The van der Waals surface area contributed by atoms with Crippen molar-refractivity contribution >= 4 is 21.7 Å². The number of pyridine rings is 1. The number of carbonyl (C=O) groups is 1. The van der Waals surface area contributed by atoms with Gasteiger partial charge in [-0.05, 0) is 34.5 Å². The zero-order valence-electron chi connectivity index (χ0n) is 15.1. The molecule has 0 bridgehead atoms. The normalized spacial score (nSPS) is 10.4. The molecule has 0 fully saturated rings. The maximum absolute atomic E-state index is 13.6. The number of ether oxygens (including phenoxy) is 4. The molecule has 26 heavy (non-hydrogen) atoms. The number of alkyl halides is 1. The van der Waals surface area contributed by atoms with Crippen molar-refractivity contribution < 1.29 is 28.1 Å². The SMILES string of the molecule is COc1cc(C)c(C(=O)c2c(OC)ncc(Br)c2CF)c(OC)c1OC. The highest BCUT2D eigenvalue weighted by atomic mass is 79.9. The first-order valence-electron chi connectivity index (χ1n) is 7.56. The van der Waals surface area contributed by atoms with Gasteiger partial charge in [0.2, 0.25) is 17.4 Å². The van der Waals surface area contributed by atoms with Gasteiger partial charge in [0.05, 0.1) is 39.6 Å². The van der Waals surface area contributed by atoms with E-state index in [0.29, 0.717) is 15.8 Å². The second kappa shape index (κ2) is 8.35. The lowest BCUT2D eigenvalue weighted by Gasteiger charge is -2.19. The third kappa shape index (κ3) is 3.33. The van der Waals surface area contributed by atoms with Crippen molar-refractivity contribution in [3.8, 4) is 23.1 Å². The number of carbonyl (C=O) groups excluding carboxylic acids is 1. The fraction of sp³-hybridized carbons (Fsp3) is 0.333. The maximum atomic E-state index is 13.6. The van der Waals surface area contributed by atoms with Crippen molar-refractivity contribution in [2.45, 2.75) is 13.6 Å². The van der Waals surface area contributed by atoms with Crippen molar-refractivity contribution in [1.82, 2.24) is 4.98 Å². The number of hydrogen-bond acceptors (Lipinski definition) is 6. The summed E-state index contributed by atoms with van der Waals surface area (Å²) < 4.78 is 35.3. The Morgan fingerprint density at radius 3 is 2.23 bits per heavy atom. The monoisotopic (exact) mass is 427 g/mol. The smallest absolute Gasteiger partial charge is 0.224 e. The van der Waals surface area contributed by atoms with Crippen LogP contribution >= 0.6 is 15.9 Å². The van der Waals surface area contributed by atoms with E-state index >= 15 is 0 Å². The van der Waals surface area contributed by atoms with Crippen LogP contribution in [0, 0.1) is 6.92 Å². The van der Waals surface area contributed by atoms with Crippen LogP contribution in [-0.4, -0.2) is 39.2 Å². The van der Waals surface area contributed by atoms with Crippen molar-refractivity contribution in [3.05, 3.63) is 39.0 Å². The first kappa shape index (κ1) is 20.0. The summed E-state index contributed by atoms with van der Waals surface area (Å²) in [4.78, 5) is 17.4. The number of halogens is 2. The topological polar surface area (TPSA) is 66.9 Å². The molecule has 2 rings (SSSR count). The molecular weight excluding hydrogens is 409 g/mol. The molecule has 0 saturated carbocycles. The fourth-order valence-corrected chi connectivity index (χ4v) is 3.12. The van der Waals surface area contributed by atoms with Crippen LogP contribution in [0.5, 0.6) is 23.1 Å². The number of hydrogen-bond donors (Lipinski definition) is 0. The fourth-order valence-electron chi connectivity index (χ4n) is 2.71. The zero-order chi connectivity index (χ0) is 19.4. The first-order chi connectivity index (χ1) is 12.4. The molecule has 0 unspecified atom stereocenters. The average molecular weight is 428 g/mol. The van der Waals surface area contributed by atoms with Gasteiger partial charge in [-0.3, -0.25) is 4.79 Å². The minimum atomic E-state index is -0.866. The molecule has 8 heteroatoms.